The molecule has 6 heteroatoms. The fourth-order valence-corrected chi connectivity index (χ4v) is 3.88. The number of amides is 2. The molecule has 6 nitrogen and oxygen atoms in total. The number of nitrogens with zero attached hydrogens (tertiary/aromatic N) is 1. The van der Waals surface area contributed by atoms with Crippen LogP contribution in [-0.2, 0) is 22.6 Å². The normalized spacial score (nSPS) is 11.4. The lowest BCUT2D eigenvalue weighted by Gasteiger charge is -2.31. The molecular weight excluding hydrogens is 440 g/mol. The van der Waals surface area contributed by atoms with E-state index in [1.165, 1.54) is 5.56 Å². The highest BCUT2D eigenvalue weighted by Gasteiger charge is 2.29. The number of aryl methyl sites for hydroxylation is 1. The number of rotatable bonds is 12. The third-order valence-corrected chi connectivity index (χ3v) is 5.83. The number of methoxy groups -OCH3 is 1. The predicted molar refractivity (Wildman–Crippen MR) is 137 cm³/mol. The Kier molecular flexibility index (Phi) is 9.72. The molecule has 0 aliphatic rings. The average molecular weight is 475 g/mol. The van der Waals surface area contributed by atoms with E-state index in [0.717, 1.165) is 16.9 Å². The van der Waals surface area contributed by atoms with E-state index in [9.17, 15) is 9.59 Å². The van der Waals surface area contributed by atoms with E-state index in [-0.39, 0.29) is 18.2 Å². The molecule has 35 heavy (non-hydrogen) atoms. The number of hydrogen-bond donors (Lipinski definition) is 1. The Hall–Kier alpha value is -3.80. The molecule has 0 spiro atoms. The maximum absolute atomic E-state index is 13.5. The van der Waals surface area contributed by atoms with Gasteiger partial charge in [-0.3, -0.25) is 9.59 Å². The summed E-state index contributed by atoms with van der Waals surface area (Å²) in [6.45, 7) is 2.75. The van der Waals surface area contributed by atoms with Crippen molar-refractivity contribution in [2.45, 2.75) is 38.8 Å². The third kappa shape index (κ3) is 7.88. The highest BCUT2D eigenvalue weighted by molar-refractivity contribution is 5.87. The lowest BCUT2D eigenvalue weighted by atomic mass is 10.0. The summed E-state index contributed by atoms with van der Waals surface area (Å²) in [5, 5.41) is 2.74. The summed E-state index contributed by atoms with van der Waals surface area (Å²) in [4.78, 5) is 28.1. The third-order valence-electron chi connectivity index (χ3n) is 5.83. The van der Waals surface area contributed by atoms with Gasteiger partial charge in [-0.25, -0.2) is 0 Å². The molecule has 0 fully saturated rings. The Labute approximate surface area is 207 Å². The number of carbonyl (C=O) groups excluding carboxylic acids is 2. The number of carbonyl (C=O) groups is 2. The summed E-state index contributed by atoms with van der Waals surface area (Å²) in [6, 6.07) is 24.5. The zero-order chi connectivity index (χ0) is 25.0. The van der Waals surface area contributed by atoms with Crippen molar-refractivity contribution in [1.29, 1.82) is 0 Å². The Morgan fingerprint density at radius 3 is 2.31 bits per heavy atom. The van der Waals surface area contributed by atoms with Gasteiger partial charge in [-0.05, 0) is 48.7 Å². The van der Waals surface area contributed by atoms with Gasteiger partial charge in [0.25, 0.3) is 0 Å². The highest BCUT2D eigenvalue weighted by Crippen LogP contribution is 2.19. The quantitative estimate of drug-likeness (QED) is 0.391. The highest BCUT2D eigenvalue weighted by atomic mass is 16.5. The monoisotopic (exact) mass is 474 g/mol. The maximum atomic E-state index is 13.5. The first-order chi connectivity index (χ1) is 17.0. The van der Waals surface area contributed by atoms with Crippen LogP contribution < -0.4 is 14.8 Å². The van der Waals surface area contributed by atoms with Crippen molar-refractivity contribution >= 4 is 11.8 Å². The number of benzene rings is 3. The van der Waals surface area contributed by atoms with Crippen molar-refractivity contribution in [3.05, 3.63) is 95.6 Å². The van der Waals surface area contributed by atoms with Crippen molar-refractivity contribution in [2.75, 3.05) is 20.8 Å². The Balaban J connectivity index is 1.75. The molecule has 0 aromatic heterocycles. The maximum Gasteiger partial charge on any atom is 0.242 e. The minimum atomic E-state index is -0.640. The Bertz CT molecular complexity index is 1080. The molecule has 184 valence electrons. The molecule has 0 aliphatic carbocycles. The van der Waals surface area contributed by atoms with Gasteiger partial charge in [-0.2, -0.15) is 0 Å². The van der Waals surface area contributed by atoms with Crippen molar-refractivity contribution in [3.63, 3.8) is 0 Å². The van der Waals surface area contributed by atoms with E-state index in [2.05, 4.69) is 5.32 Å². The molecule has 0 saturated heterocycles. The number of hydrogen-bond acceptors (Lipinski definition) is 4. The van der Waals surface area contributed by atoms with Crippen molar-refractivity contribution in [3.8, 4) is 11.5 Å². The lowest BCUT2D eigenvalue weighted by molar-refractivity contribution is -0.141. The molecule has 0 heterocycles. The van der Waals surface area contributed by atoms with Crippen LogP contribution in [0.25, 0.3) is 0 Å². The second kappa shape index (κ2) is 13.2. The molecule has 0 unspecified atom stereocenters. The smallest absolute Gasteiger partial charge is 0.242 e. The van der Waals surface area contributed by atoms with Gasteiger partial charge in [0.05, 0.1) is 13.7 Å². The summed E-state index contributed by atoms with van der Waals surface area (Å²) in [7, 11) is 3.21. The van der Waals surface area contributed by atoms with E-state index in [4.69, 9.17) is 9.47 Å². The molecule has 0 bridgehead atoms. The first kappa shape index (κ1) is 25.8. The second-order valence-electron chi connectivity index (χ2n) is 8.46. The van der Waals surface area contributed by atoms with Gasteiger partial charge in [-0.1, -0.05) is 60.2 Å². The average Bonchev–Trinajstić information content (AvgIpc) is 2.89. The van der Waals surface area contributed by atoms with E-state index >= 15 is 0 Å². The molecule has 1 N–H and O–H groups in total. The molecule has 3 aromatic carbocycles. The summed E-state index contributed by atoms with van der Waals surface area (Å²) >= 11 is 0. The van der Waals surface area contributed by atoms with Crippen molar-refractivity contribution < 1.29 is 19.1 Å². The van der Waals surface area contributed by atoms with Gasteiger partial charge in [0.15, 0.2) is 0 Å². The van der Waals surface area contributed by atoms with E-state index in [1.54, 1.807) is 19.1 Å². The fourth-order valence-electron chi connectivity index (χ4n) is 3.88. The molecule has 3 aromatic rings. The lowest BCUT2D eigenvalue weighted by Crippen LogP contribution is -2.49. The number of likely N-dealkylation sites (N-methyl/N-ethyl adjacent to an activating group) is 1. The van der Waals surface area contributed by atoms with E-state index in [0.29, 0.717) is 31.7 Å². The molecule has 2 amide bonds. The zero-order valence-corrected chi connectivity index (χ0v) is 20.7. The SMILES string of the molecule is CNC(=O)[C@@H](Cc1ccccc1)N(Cc1cccc(OC)c1)C(=O)CCCOc1ccc(C)cc1. The zero-order valence-electron chi connectivity index (χ0n) is 20.7. The second-order valence-corrected chi connectivity index (χ2v) is 8.46. The fraction of sp³-hybridized carbons (Fsp3) is 0.310. The van der Waals surface area contributed by atoms with Crippen LogP contribution in [0.3, 0.4) is 0 Å². The molecule has 3 rings (SSSR count). The van der Waals surface area contributed by atoms with E-state index < -0.39 is 6.04 Å². The minimum absolute atomic E-state index is 0.0927. The van der Waals surface area contributed by atoms with Crippen LogP contribution in [-0.4, -0.2) is 43.5 Å². The Morgan fingerprint density at radius 2 is 1.63 bits per heavy atom. The van der Waals surface area contributed by atoms with Crippen LogP contribution in [0.5, 0.6) is 11.5 Å². The topological polar surface area (TPSA) is 67.9 Å². The summed E-state index contributed by atoms with van der Waals surface area (Å²) in [6.07, 6.45) is 1.25. The molecule has 0 radical (unpaired) electrons. The first-order valence-electron chi connectivity index (χ1n) is 11.9. The van der Waals surface area contributed by atoms with Crippen LogP contribution in [0.2, 0.25) is 0 Å². The van der Waals surface area contributed by atoms with Crippen molar-refractivity contribution in [1.82, 2.24) is 10.2 Å². The van der Waals surface area contributed by atoms with Gasteiger partial charge >= 0.3 is 0 Å². The Morgan fingerprint density at radius 1 is 0.914 bits per heavy atom. The summed E-state index contributed by atoms with van der Waals surface area (Å²) < 4.78 is 11.1. The molecule has 1 atom stereocenters. The van der Waals surface area contributed by atoms with Gasteiger partial charge in [0.1, 0.15) is 17.5 Å². The first-order valence-corrected chi connectivity index (χ1v) is 11.9. The predicted octanol–water partition coefficient (Wildman–Crippen LogP) is 4.55. The van der Waals surface area contributed by atoms with Crippen LogP contribution in [0.4, 0.5) is 0 Å². The summed E-state index contributed by atoms with van der Waals surface area (Å²) in [5.41, 5.74) is 3.06. The minimum Gasteiger partial charge on any atom is -0.497 e. The summed E-state index contributed by atoms with van der Waals surface area (Å²) in [5.74, 6) is 1.20. The van der Waals surface area contributed by atoms with Gasteiger partial charge in [-0.15, -0.1) is 0 Å². The molecule has 0 saturated carbocycles. The standard InChI is InChI=1S/C29H34N2O4/c1-22-14-16-25(17-15-22)35-18-8-13-28(32)31(21-24-11-7-12-26(19-24)34-3)27(29(33)30-2)20-23-9-5-4-6-10-23/h4-7,9-12,14-17,19,27H,8,13,18,20-21H2,1-3H3,(H,30,33)/t27-/m1/s1. The molecule has 0 aliphatic heterocycles. The molecular formula is C29H34N2O4. The van der Waals surface area contributed by atoms with Crippen LogP contribution in [0, 0.1) is 6.92 Å². The number of nitrogens with one attached hydrogen (secondary N) is 1. The van der Waals surface area contributed by atoms with Crippen molar-refractivity contribution in [2.24, 2.45) is 0 Å². The number of ether oxygens (including phenoxy) is 2. The van der Waals surface area contributed by atoms with Crippen LogP contribution in [0.15, 0.2) is 78.9 Å². The van der Waals surface area contributed by atoms with Crippen LogP contribution in [0.1, 0.15) is 29.5 Å². The van der Waals surface area contributed by atoms with Gasteiger partial charge < -0.3 is 19.7 Å². The van der Waals surface area contributed by atoms with Crippen LogP contribution >= 0.6 is 0 Å². The van der Waals surface area contributed by atoms with Gasteiger partial charge in [0.2, 0.25) is 11.8 Å². The largest absolute Gasteiger partial charge is 0.497 e. The van der Waals surface area contributed by atoms with E-state index in [1.807, 2.05) is 85.8 Å². The van der Waals surface area contributed by atoms with Gasteiger partial charge in [0, 0.05) is 26.4 Å².